The minimum absolute atomic E-state index is 0.103. The van der Waals surface area contributed by atoms with E-state index in [1.807, 2.05) is 17.5 Å². The van der Waals surface area contributed by atoms with E-state index in [1.165, 1.54) is 0 Å². The molecule has 2 N–H and O–H groups in total. The number of hydrogen-bond acceptors (Lipinski definition) is 3. The van der Waals surface area contributed by atoms with Crippen LogP contribution < -0.4 is 4.90 Å². The Balaban J connectivity index is 1.90. The Morgan fingerprint density at radius 2 is 2.00 bits per heavy atom. The second-order valence-corrected chi connectivity index (χ2v) is 5.21. The molecular weight excluding hydrogens is 260 g/mol. The van der Waals surface area contributed by atoms with Gasteiger partial charge in [-0.1, -0.05) is 0 Å². The number of phenolic OH excluding ortho intramolecular Hbond substituents is 1. The maximum absolute atomic E-state index is 12.3. The Morgan fingerprint density at radius 1 is 1.26 bits per heavy atom. The van der Waals surface area contributed by atoms with Gasteiger partial charge < -0.3 is 15.0 Å². The number of carbonyl (C=O) groups excluding carboxylic acids is 1. The number of carbonyl (C=O) groups is 1. The van der Waals surface area contributed by atoms with Crippen LogP contribution in [-0.2, 0) is 0 Å². The van der Waals surface area contributed by atoms with Crippen molar-refractivity contribution in [2.75, 3.05) is 11.9 Å². The number of fused-ring (bicyclic) bond motifs is 1. The predicted octanol–water partition coefficient (Wildman–Crippen LogP) is 3.21. The number of nitrogens with zero attached hydrogens (tertiary/aromatic N) is 1. The molecule has 2 aromatic heterocycles. The summed E-state index contributed by atoms with van der Waals surface area (Å²) in [7, 11) is 1.71. The van der Waals surface area contributed by atoms with E-state index >= 15 is 0 Å². The fourth-order valence-corrected chi connectivity index (χ4v) is 2.72. The molecule has 0 aliphatic carbocycles. The van der Waals surface area contributed by atoms with Gasteiger partial charge in [-0.05, 0) is 41.8 Å². The summed E-state index contributed by atoms with van der Waals surface area (Å²) in [6.45, 7) is 0. The number of aromatic hydroxyl groups is 1. The van der Waals surface area contributed by atoms with Gasteiger partial charge in [-0.3, -0.25) is 4.79 Å². The lowest BCUT2D eigenvalue weighted by Gasteiger charge is -2.16. The van der Waals surface area contributed by atoms with Crippen molar-refractivity contribution >= 4 is 33.1 Å². The van der Waals surface area contributed by atoms with Gasteiger partial charge in [0.1, 0.15) is 11.4 Å². The van der Waals surface area contributed by atoms with E-state index in [2.05, 4.69) is 4.98 Å². The quantitative estimate of drug-likeness (QED) is 0.752. The zero-order valence-corrected chi connectivity index (χ0v) is 11.1. The van der Waals surface area contributed by atoms with Crippen molar-refractivity contribution in [1.82, 2.24) is 4.98 Å². The first-order valence-electron chi connectivity index (χ1n) is 5.78. The molecule has 0 aliphatic rings. The van der Waals surface area contributed by atoms with Crippen LogP contribution in [0.1, 0.15) is 10.5 Å². The smallest absolute Gasteiger partial charge is 0.274 e. The molecule has 2 heterocycles. The van der Waals surface area contributed by atoms with Crippen molar-refractivity contribution in [2.45, 2.75) is 0 Å². The maximum Gasteiger partial charge on any atom is 0.274 e. The van der Waals surface area contributed by atoms with Crippen LogP contribution in [0.3, 0.4) is 0 Å². The number of phenols is 1. The number of rotatable bonds is 2. The third-order valence-corrected chi connectivity index (χ3v) is 3.88. The summed E-state index contributed by atoms with van der Waals surface area (Å²) in [6.07, 6.45) is 0. The third-order valence-electron chi connectivity index (χ3n) is 3.01. The van der Waals surface area contributed by atoms with Gasteiger partial charge >= 0.3 is 0 Å². The van der Waals surface area contributed by atoms with Crippen LogP contribution in [-0.4, -0.2) is 23.0 Å². The maximum atomic E-state index is 12.3. The van der Waals surface area contributed by atoms with Gasteiger partial charge in [0, 0.05) is 12.7 Å². The summed E-state index contributed by atoms with van der Waals surface area (Å²) in [6, 6.07) is 10.4. The van der Waals surface area contributed by atoms with Crippen molar-refractivity contribution in [3.8, 4) is 5.75 Å². The summed E-state index contributed by atoms with van der Waals surface area (Å²) in [5.41, 5.74) is 2.28. The number of nitrogens with one attached hydrogen (secondary N) is 1. The molecule has 0 bridgehead atoms. The highest BCUT2D eigenvalue weighted by Gasteiger charge is 2.16. The largest absolute Gasteiger partial charge is 0.508 e. The summed E-state index contributed by atoms with van der Waals surface area (Å²) in [5, 5.41) is 11.2. The Bertz CT molecular complexity index is 699. The zero-order valence-electron chi connectivity index (χ0n) is 10.3. The molecule has 1 amide bonds. The lowest BCUT2D eigenvalue weighted by atomic mass is 10.2. The number of H-pyrrole nitrogens is 1. The first-order chi connectivity index (χ1) is 9.15. The molecule has 3 aromatic rings. The predicted molar refractivity (Wildman–Crippen MR) is 77.0 cm³/mol. The van der Waals surface area contributed by atoms with Gasteiger partial charge in [0.25, 0.3) is 5.91 Å². The average molecular weight is 272 g/mol. The Kier molecular flexibility index (Phi) is 2.76. The molecule has 0 spiro atoms. The van der Waals surface area contributed by atoms with Crippen molar-refractivity contribution in [3.05, 3.63) is 47.5 Å². The molecule has 1 aromatic carbocycles. The number of aromatic amines is 1. The summed E-state index contributed by atoms with van der Waals surface area (Å²) in [5.74, 6) is 0.0825. The van der Waals surface area contributed by atoms with Gasteiger partial charge in [0.15, 0.2) is 0 Å². The topological polar surface area (TPSA) is 56.3 Å². The van der Waals surface area contributed by atoms with Gasteiger partial charge in [-0.15, -0.1) is 11.3 Å². The second-order valence-electron chi connectivity index (χ2n) is 4.26. The molecule has 3 rings (SSSR count). The fraction of sp³-hybridized carbons (Fsp3) is 0.0714. The summed E-state index contributed by atoms with van der Waals surface area (Å²) in [4.78, 5) is 17.0. The van der Waals surface area contributed by atoms with Gasteiger partial charge in [0.05, 0.1) is 10.2 Å². The summed E-state index contributed by atoms with van der Waals surface area (Å²) < 4.78 is 1.07. The minimum atomic E-state index is -0.103. The fourth-order valence-electron chi connectivity index (χ4n) is 1.94. The Hall–Kier alpha value is -2.27. The number of thiophene rings is 1. The van der Waals surface area contributed by atoms with E-state index in [1.54, 1.807) is 47.5 Å². The number of aromatic nitrogens is 1. The van der Waals surface area contributed by atoms with Crippen LogP contribution in [0.15, 0.2) is 41.8 Å². The van der Waals surface area contributed by atoms with Crippen LogP contribution in [0.4, 0.5) is 5.69 Å². The molecule has 0 atom stereocenters. The van der Waals surface area contributed by atoms with E-state index in [9.17, 15) is 9.90 Å². The van der Waals surface area contributed by atoms with E-state index in [-0.39, 0.29) is 11.7 Å². The van der Waals surface area contributed by atoms with Crippen LogP contribution in [0.25, 0.3) is 10.2 Å². The zero-order chi connectivity index (χ0) is 13.4. The standard InChI is InChI=1S/C14H12N2O2S/c1-16(9-2-4-10(17)5-3-9)14(18)12-8-13-11(15-12)6-7-19-13/h2-8,15,17H,1H3. The SMILES string of the molecule is CN(C(=O)c1cc2sccc2[nH]1)c1ccc(O)cc1. The third kappa shape index (κ3) is 2.08. The van der Waals surface area contributed by atoms with E-state index in [0.717, 1.165) is 15.9 Å². The van der Waals surface area contributed by atoms with Crippen LogP contribution >= 0.6 is 11.3 Å². The highest BCUT2D eigenvalue weighted by molar-refractivity contribution is 7.17. The molecule has 0 aliphatic heterocycles. The van der Waals surface area contributed by atoms with Crippen LogP contribution in [0, 0.1) is 0 Å². The molecule has 19 heavy (non-hydrogen) atoms. The van der Waals surface area contributed by atoms with Gasteiger partial charge in [-0.2, -0.15) is 0 Å². The molecular formula is C14H12N2O2S. The number of hydrogen-bond donors (Lipinski definition) is 2. The molecule has 0 unspecified atom stereocenters. The van der Waals surface area contributed by atoms with Gasteiger partial charge in [0.2, 0.25) is 0 Å². The molecule has 0 fully saturated rings. The Labute approximate surface area is 113 Å². The van der Waals surface area contributed by atoms with Crippen molar-refractivity contribution < 1.29 is 9.90 Å². The van der Waals surface area contributed by atoms with E-state index in [0.29, 0.717) is 5.69 Å². The summed E-state index contributed by atoms with van der Waals surface area (Å²) >= 11 is 1.60. The van der Waals surface area contributed by atoms with Crippen molar-refractivity contribution in [2.24, 2.45) is 0 Å². The average Bonchev–Trinajstić information content (AvgIpc) is 2.98. The molecule has 0 saturated carbocycles. The number of anilines is 1. The molecule has 4 nitrogen and oxygen atoms in total. The minimum Gasteiger partial charge on any atom is -0.508 e. The highest BCUT2D eigenvalue weighted by Crippen LogP contribution is 2.24. The van der Waals surface area contributed by atoms with Crippen molar-refractivity contribution in [3.63, 3.8) is 0 Å². The Morgan fingerprint density at radius 3 is 2.68 bits per heavy atom. The first-order valence-corrected chi connectivity index (χ1v) is 6.66. The van der Waals surface area contributed by atoms with Crippen LogP contribution in [0.2, 0.25) is 0 Å². The molecule has 0 saturated heterocycles. The molecule has 5 heteroatoms. The molecule has 0 radical (unpaired) electrons. The molecule has 96 valence electrons. The lowest BCUT2D eigenvalue weighted by molar-refractivity contribution is 0.0989. The number of amides is 1. The van der Waals surface area contributed by atoms with Crippen molar-refractivity contribution in [1.29, 1.82) is 0 Å². The number of benzene rings is 1. The second kappa shape index (κ2) is 4.44. The monoisotopic (exact) mass is 272 g/mol. The van der Waals surface area contributed by atoms with Crippen LogP contribution in [0.5, 0.6) is 5.75 Å². The lowest BCUT2D eigenvalue weighted by Crippen LogP contribution is -2.26. The van der Waals surface area contributed by atoms with E-state index in [4.69, 9.17) is 0 Å². The first kappa shape index (κ1) is 11.8. The van der Waals surface area contributed by atoms with E-state index < -0.39 is 0 Å². The van der Waals surface area contributed by atoms with Gasteiger partial charge in [-0.25, -0.2) is 0 Å². The highest BCUT2D eigenvalue weighted by atomic mass is 32.1. The normalized spacial score (nSPS) is 10.8.